The number of aromatic nitrogens is 1. The number of hydrogen-bond donors (Lipinski definition) is 2. The van der Waals surface area contributed by atoms with Gasteiger partial charge >= 0.3 is 6.09 Å². The van der Waals surface area contributed by atoms with E-state index in [-0.39, 0.29) is 5.04 Å². The van der Waals surface area contributed by atoms with Gasteiger partial charge in [-0.05, 0) is 75.7 Å². The molecule has 34 heavy (non-hydrogen) atoms. The van der Waals surface area contributed by atoms with Gasteiger partial charge in [-0.3, -0.25) is 10.3 Å². The van der Waals surface area contributed by atoms with Crippen molar-refractivity contribution in [3.8, 4) is 0 Å². The topological polar surface area (TPSA) is 74.7 Å². The van der Waals surface area contributed by atoms with E-state index in [1.807, 2.05) is 46.0 Å². The molecule has 0 saturated heterocycles. The van der Waals surface area contributed by atoms with Gasteiger partial charge in [0.15, 0.2) is 8.32 Å². The number of carbonyl (C=O) groups is 1. The molecular formula is C27H41N3O3Si. The predicted octanol–water partition coefficient (Wildman–Crippen LogP) is 6.37. The van der Waals surface area contributed by atoms with Crippen LogP contribution in [0, 0.1) is 5.92 Å². The van der Waals surface area contributed by atoms with Crippen LogP contribution in [0.25, 0.3) is 0 Å². The molecule has 0 aliphatic carbocycles. The number of nitrogens with zero attached hydrogens (tertiary/aromatic N) is 2. The molecule has 0 radical (unpaired) electrons. The molecule has 1 aromatic heterocycles. The van der Waals surface area contributed by atoms with Crippen molar-refractivity contribution in [2.45, 2.75) is 84.2 Å². The highest BCUT2D eigenvalue weighted by Crippen LogP contribution is 2.42. The Bertz CT molecular complexity index is 981. The van der Waals surface area contributed by atoms with Crippen molar-refractivity contribution in [2.75, 3.05) is 16.8 Å². The number of hydrogen-bond acceptors (Lipinski definition) is 5. The number of ether oxygens (including phenoxy) is 1. The van der Waals surface area contributed by atoms with Gasteiger partial charge in [-0.1, -0.05) is 44.2 Å². The summed E-state index contributed by atoms with van der Waals surface area (Å²) in [6, 6.07) is 12.5. The minimum atomic E-state index is -2.24. The van der Waals surface area contributed by atoms with E-state index >= 15 is 0 Å². The van der Waals surface area contributed by atoms with Crippen LogP contribution in [0.15, 0.2) is 42.6 Å². The molecule has 1 unspecified atom stereocenters. The minimum absolute atomic E-state index is 0.0356. The summed E-state index contributed by atoms with van der Waals surface area (Å²) in [6.45, 7) is 15.7. The molecule has 1 atom stereocenters. The Hall–Kier alpha value is -2.38. The van der Waals surface area contributed by atoms with Gasteiger partial charge in [-0.25, -0.2) is 4.79 Å². The Morgan fingerprint density at radius 2 is 1.88 bits per heavy atom. The van der Waals surface area contributed by atoms with Gasteiger partial charge < -0.3 is 14.4 Å². The third kappa shape index (κ3) is 7.06. The summed E-state index contributed by atoms with van der Waals surface area (Å²) < 4.78 is 5.41. The number of rotatable bonds is 7. The number of fused-ring (bicyclic) bond motifs is 1. The number of carbonyl (C=O) groups excluding carboxylic acids is 1. The number of amides is 1. The third-order valence-corrected chi connectivity index (χ3v) is 10.5. The molecule has 1 aromatic carbocycles. The molecule has 0 saturated carbocycles. The molecule has 1 aliphatic rings. The molecule has 1 amide bonds. The third-order valence-electron chi connectivity index (χ3n) is 6.94. The van der Waals surface area contributed by atoms with Crippen molar-refractivity contribution in [1.82, 2.24) is 4.98 Å². The summed E-state index contributed by atoms with van der Waals surface area (Å²) in [4.78, 5) is 30.1. The van der Waals surface area contributed by atoms with E-state index in [1.54, 1.807) is 6.20 Å². The van der Waals surface area contributed by atoms with E-state index in [1.165, 1.54) is 5.56 Å². The van der Waals surface area contributed by atoms with Gasteiger partial charge in [0.25, 0.3) is 0 Å². The lowest BCUT2D eigenvalue weighted by Gasteiger charge is -2.39. The van der Waals surface area contributed by atoms with Crippen molar-refractivity contribution in [1.29, 1.82) is 0 Å². The second kappa shape index (κ2) is 10.1. The Morgan fingerprint density at radius 1 is 1.21 bits per heavy atom. The van der Waals surface area contributed by atoms with Crippen LogP contribution in [0.2, 0.25) is 18.1 Å². The van der Waals surface area contributed by atoms with Gasteiger partial charge in [-0.15, -0.1) is 0 Å². The summed E-state index contributed by atoms with van der Waals surface area (Å²) in [5.41, 5.74) is 3.44. The first kappa shape index (κ1) is 26.2. The van der Waals surface area contributed by atoms with E-state index in [0.29, 0.717) is 11.6 Å². The fourth-order valence-electron chi connectivity index (χ4n) is 4.17. The molecule has 1 aliphatic heterocycles. The van der Waals surface area contributed by atoms with Gasteiger partial charge in [-0.2, -0.15) is 0 Å². The summed E-state index contributed by atoms with van der Waals surface area (Å²) >= 11 is 0. The molecule has 186 valence electrons. The van der Waals surface area contributed by atoms with Crippen LogP contribution in [0.4, 0.5) is 16.2 Å². The van der Waals surface area contributed by atoms with E-state index in [9.17, 15) is 9.59 Å². The van der Waals surface area contributed by atoms with E-state index < -0.39 is 20.0 Å². The van der Waals surface area contributed by atoms with Crippen molar-refractivity contribution in [3.05, 3.63) is 53.9 Å². The van der Waals surface area contributed by atoms with Gasteiger partial charge in [0, 0.05) is 13.1 Å². The molecule has 0 spiro atoms. The molecule has 3 rings (SSSR count). The average Bonchev–Trinajstić information content (AvgIpc) is 2.71. The van der Waals surface area contributed by atoms with E-state index in [4.69, 9.17) is 9.72 Å². The lowest BCUT2D eigenvalue weighted by atomic mass is 9.89. The maximum Gasteiger partial charge on any atom is 0.412 e. The summed E-state index contributed by atoms with van der Waals surface area (Å²) in [5, 5.41) is 2.80. The van der Waals surface area contributed by atoms with Crippen molar-refractivity contribution < 1.29 is 14.3 Å². The second-order valence-corrected chi connectivity index (χ2v) is 16.2. The highest BCUT2D eigenvalue weighted by molar-refractivity contribution is 6.72. The Balaban J connectivity index is 1.81. The molecule has 2 aromatic rings. The van der Waals surface area contributed by atoms with E-state index in [2.05, 4.69) is 48.3 Å². The maximum atomic E-state index is 12.3. The molecular weight excluding hydrogens is 442 g/mol. The SMILES string of the molecule is CC(C)(C)OC(=O)Nc1cnc2c(c1)N(Cc1ccccc1)CC(CCC(C)(C)[Si](C)(C)O)C2. The van der Waals surface area contributed by atoms with Crippen molar-refractivity contribution in [2.24, 2.45) is 5.92 Å². The number of anilines is 2. The standard InChI is InChI=1S/C27H41N3O3Si/c1-26(2,3)33-25(31)29-22-16-24-23(28-17-22)15-21(13-14-27(4,5)34(6,7)32)19-30(24)18-20-11-9-8-10-12-20/h8-12,16-17,21,32H,13-15,18-19H2,1-7H3,(H,29,31). The minimum Gasteiger partial charge on any atom is -0.444 e. The average molecular weight is 484 g/mol. The van der Waals surface area contributed by atoms with Crippen LogP contribution in [0.1, 0.15) is 58.7 Å². The normalized spacial score (nSPS) is 16.7. The van der Waals surface area contributed by atoms with Crippen LogP contribution >= 0.6 is 0 Å². The predicted molar refractivity (Wildman–Crippen MR) is 142 cm³/mol. The Morgan fingerprint density at radius 3 is 2.50 bits per heavy atom. The Kier molecular flexibility index (Phi) is 7.78. The second-order valence-electron chi connectivity index (χ2n) is 11.7. The summed E-state index contributed by atoms with van der Waals surface area (Å²) in [6.07, 6.45) is 4.20. The first-order valence-electron chi connectivity index (χ1n) is 12.2. The van der Waals surface area contributed by atoms with Crippen molar-refractivity contribution >= 4 is 25.8 Å². The quantitative estimate of drug-likeness (QED) is 0.448. The van der Waals surface area contributed by atoms with Crippen molar-refractivity contribution in [3.63, 3.8) is 0 Å². The summed E-state index contributed by atoms with van der Waals surface area (Å²) in [7, 11) is -2.24. The van der Waals surface area contributed by atoms with Crippen LogP contribution < -0.4 is 10.2 Å². The number of benzene rings is 1. The molecule has 7 heteroatoms. The molecule has 6 nitrogen and oxygen atoms in total. The lowest BCUT2D eigenvalue weighted by Crippen LogP contribution is -2.40. The maximum absolute atomic E-state index is 12.3. The van der Waals surface area contributed by atoms with Gasteiger partial charge in [0.05, 0.1) is 23.3 Å². The fraction of sp³-hybridized carbons (Fsp3) is 0.556. The van der Waals surface area contributed by atoms with Crippen LogP contribution in [0.5, 0.6) is 0 Å². The van der Waals surface area contributed by atoms with Gasteiger partial charge in [0.1, 0.15) is 5.60 Å². The molecule has 0 bridgehead atoms. The first-order chi connectivity index (χ1) is 15.7. The van der Waals surface area contributed by atoms with Gasteiger partial charge in [0.2, 0.25) is 0 Å². The number of pyridine rings is 1. The van der Waals surface area contributed by atoms with Crippen LogP contribution in [0.3, 0.4) is 0 Å². The van der Waals surface area contributed by atoms with Crippen LogP contribution in [-0.4, -0.2) is 36.3 Å². The molecule has 2 heterocycles. The summed E-state index contributed by atoms with van der Waals surface area (Å²) in [5.74, 6) is 0.462. The highest BCUT2D eigenvalue weighted by atomic mass is 28.4. The van der Waals surface area contributed by atoms with Crippen LogP contribution in [-0.2, 0) is 17.7 Å². The monoisotopic (exact) mass is 483 g/mol. The highest BCUT2D eigenvalue weighted by Gasteiger charge is 2.38. The fourth-order valence-corrected chi connectivity index (χ4v) is 4.92. The van der Waals surface area contributed by atoms with E-state index in [0.717, 1.165) is 43.7 Å². The lowest BCUT2D eigenvalue weighted by molar-refractivity contribution is 0.0636. The molecule has 2 N–H and O–H groups in total. The first-order valence-corrected chi connectivity index (χ1v) is 15.2. The molecule has 0 fully saturated rings. The smallest absolute Gasteiger partial charge is 0.412 e. The number of nitrogens with one attached hydrogen (secondary N) is 1. The Labute approximate surface area is 205 Å². The largest absolute Gasteiger partial charge is 0.444 e. The zero-order valence-electron chi connectivity index (χ0n) is 21.8. The zero-order chi connectivity index (χ0) is 25.1. The zero-order valence-corrected chi connectivity index (χ0v) is 22.8.